The van der Waals surface area contributed by atoms with E-state index >= 15 is 0 Å². The molecule has 0 unspecified atom stereocenters. The molecule has 0 bridgehead atoms. The van der Waals surface area contributed by atoms with Gasteiger partial charge < -0.3 is 15.8 Å². The quantitative estimate of drug-likeness (QED) is 0.620. The Morgan fingerprint density at radius 2 is 1.81 bits per heavy atom. The molecule has 0 aliphatic carbocycles. The van der Waals surface area contributed by atoms with Gasteiger partial charge in [0.25, 0.3) is 0 Å². The maximum absolute atomic E-state index is 6.02. The van der Waals surface area contributed by atoms with Crippen LogP contribution in [0.15, 0.2) is 53.5 Å². The smallest absolute Gasteiger partial charge is 0.193 e. The van der Waals surface area contributed by atoms with Gasteiger partial charge in [-0.05, 0) is 35.2 Å². The molecule has 3 N–H and O–H groups in total. The lowest BCUT2D eigenvalue weighted by molar-refractivity contribution is 0.0342. The van der Waals surface area contributed by atoms with Crippen molar-refractivity contribution in [3.8, 4) is 0 Å². The first-order valence-corrected chi connectivity index (χ1v) is 9.27. The summed E-state index contributed by atoms with van der Waals surface area (Å²) in [6.45, 7) is 7.37. The molecule has 2 aromatic carbocycles. The number of rotatable bonds is 6. The van der Waals surface area contributed by atoms with Gasteiger partial charge in [-0.15, -0.1) is 0 Å². The standard InChI is InChI=1S/C21H28N4O/c1-2-17-4-3-5-20(14-17)24-21(22)23-15-18-6-8-19(9-7-18)16-25-10-12-26-13-11-25/h3-9,14H,2,10-13,15-16H2,1H3,(H3,22,23,24). The van der Waals surface area contributed by atoms with Gasteiger partial charge in [-0.1, -0.05) is 43.3 Å². The van der Waals surface area contributed by atoms with E-state index in [-0.39, 0.29) is 0 Å². The summed E-state index contributed by atoms with van der Waals surface area (Å²) in [6, 6.07) is 16.8. The van der Waals surface area contributed by atoms with Crippen LogP contribution in [0.4, 0.5) is 5.69 Å². The van der Waals surface area contributed by atoms with E-state index in [1.54, 1.807) is 0 Å². The highest BCUT2D eigenvalue weighted by atomic mass is 16.5. The Morgan fingerprint density at radius 3 is 2.54 bits per heavy atom. The Kier molecular flexibility index (Phi) is 6.63. The largest absolute Gasteiger partial charge is 0.379 e. The second-order valence-electron chi connectivity index (χ2n) is 6.59. The maximum atomic E-state index is 6.02. The maximum Gasteiger partial charge on any atom is 0.193 e. The molecule has 1 saturated heterocycles. The third-order valence-corrected chi connectivity index (χ3v) is 4.57. The molecule has 5 heteroatoms. The first-order valence-electron chi connectivity index (χ1n) is 9.27. The van der Waals surface area contributed by atoms with Crippen molar-refractivity contribution in [1.82, 2.24) is 4.90 Å². The van der Waals surface area contributed by atoms with Crippen molar-refractivity contribution in [1.29, 1.82) is 0 Å². The minimum atomic E-state index is 0.440. The van der Waals surface area contributed by atoms with Crippen molar-refractivity contribution in [2.75, 3.05) is 31.6 Å². The van der Waals surface area contributed by atoms with Crippen LogP contribution in [0, 0.1) is 0 Å². The molecular weight excluding hydrogens is 324 g/mol. The topological polar surface area (TPSA) is 62.9 Å². The number of hydrogen-bond acceptors (Lipinski definition) is 3. The summed E-state index contributed by atoms with van der Waals surface area (Å²) >= 11 is 0. The van der Waals surface area contributed by atoms with Gasteiger partial charge in [-0.3, -0.25) is 4.90 Å². The van der Waals surface area contributed by atoms with Crippen LogP contribution in [0.2, 0.25) is 0 Å². The summed E-state index contributed by atoms with van der Waals surface area (Å²) in [6.07, 6.45) is 1.00. The van der Waals surface area contributed by atoms with Crippen molar-refractivity contribution < 1.29 is 4.74 Å². The van der Waals surface area contributed by atoms with Gasteiger partial charge in [0, 0.05) is 25.3 Å². The summed E-state index contributed by atoms with van der Waals surface area (Å²) in [5, 5.41) is 3.16. The number of guanidine groups is 1. The van der Waals surface area contributed by atoms with Gasteiger partial charge >= 0.3 is 0 Å². The van der Waals surface area contributed by atoms with Crippen molar-refractivity contribution in [2.24, 2.45) is 10.7 Å². The Bertz CT molecular complexity index is 721. The molecule has 1 fully saturated rings. The number of aryl methyl sites for hydroxylation is 1. The number of aliphatic imine (C=N–C) groups is 1. The highest BCUT2D eigenvalue weighted by molar-refractivity contribution is 5.92. The third kappa shape index (κ3) is 5.58. The zero-order chi connectivity index (χ0) is 18.2. The van der Waals surface area contributed by atoms with Gasteiger partial charge in [0.1, 0.15) is 0 Å². The van der Waals surface area contributed by atoms with E-state index in [2.05, 4.69) is 58.5 Å². The molecule has 0 amide bonds. The van der Waals surface area contributed by atoms with Crippen LogP contribution in [0.1, 0.15) is 23.6 Å². The zero-order valence-electron chi connectivity index (χ0n) is 15.4. The van der Waals surface area contributed by atoms with E-state index < -0.39 is 0 Å². The number of morpholine rings is 1. The lowest BCUT2D eigenvalue weighted by Crippen LogP contribution is -2.35. The van der Waals surface area contributed by atoms with Crippen molar-refractivity contribution in [3.63, 3.8) is 0 Å². The Balaban J connectivity index is 1.52. The molecule has 1 aliphatic heterocycles. The first kappa shape index (κ1) is 18.4. The van der Waals surface area contributed by atoms with Crippen LogP contribution >= 0.6 is 0 Å². The molecule has 3 rings (SSSR count). The minimum Gasteiger partial charge on any atom is -0.379 e. The molecule has 0 saturated carbocycles. The van der Waals surface area contributed by atoms with Crippen LogP contribution in [-0.2, 0) is 24.2 Å². The molecule has 0 spiro atoms. The predicted molar refractivity (Wildman–Crippen MR) is 107 cm³/mol. The van der Waals surface area contributed by atoms with E-state index in [1.165, 1.54) is 11.1 Å². The molecule has 138 valence electrons. The van der Waals surface area contributed by atoms with E-state index in [0.717, 1.165) is 50.5 Å². The molecule has 1 aliphatic rings. The predicted octanol–water partition coefficient (Wildman–Crippen LogP) is 3.01. The van der Waals surface area contributed by atoms with Crippen molar-refractivity contribution in [2.45, 2.75) is 26.4 Å². The lowest BCUT2D eigenvalue weighted by Gasteiger charge is -2.26. The van der Waals surface area contributed by atoms with Crippen LogP contribution < -0.4 is 11.1 Å². The van der Waals surface area contributed by atoms with E-state index in [4.69, 9.17) is 10.5 Å². The normalized spacial score (nSPS) is 15.8. The van der Waals surface area contributed by atoms with Crippen LogP contribution in [0.3, 0.4) is 0 Å². The number of nitrogens with one attached hydrogen (secondary N) is 1. The molecule has 5 nitrogen and oxygen atoms in total. The molecular formula is C21H28N4O. The summed E-state index contributed by atoms with van der Waals surface area (Å²) in [7, 11) is 0. The Morgan fingerprint density at radius 1 is 1.08 bits per heavy atom. The van der Waals surface area contributed by atoms with E-state index in [1.807, 2.05) is 12.1 Å². The fraction of sp³-hybridized carbons (Fsp3) is 0.381. The molecule has 2 aromatic rings. The van der Waals surface area contributed by atoms with E-state index in [9.17, 15) is 0 Å². The SMILES string of the molecule is CCc1cccc(NC(N)=NCc2ccc(CN3CCOCC3)cc2)c1. The highest BCUT2D eigenvalue weighted by Crippen LogP contribution is 2.12. The summed E-state index contributed by atoms with van der Waals surface area (Å²) in [5.41, 5.74) is 10.8. The average Bonchev–Trinajstić information content (AvgIpc) is 2.68. The number of nitrogens with two attached hydrogens (primary N) is 1. The second kappa shape index (κ2) is 9.36. The molecule has 0 atom stereocenters. The Hall–Kier alpha value is -2.37. The number of anilines is 1. The number of benzene rings is 2. The second-order valence-corrected chi connectivity index (χ2v) is 6.59. The first-order chi connectivity index (χ1) is 12.7. The third-order valence-electron chi connectivity index (χ3n) is 4.57. The molecule has 1 heterocycles. The van der Waals surface area contributed by atoms with Crippen molar-refractivity contribution in [3.05, 3.63) is 65.2 Å². The fourth-order valence-electron chi connectivity index (χ4n) is 3.00. The summed E-state index contributed by atoms with van der Waals surface area (Å²) in [5.74, 6) is 0.440. The Labute approximate surface area is 155 Å². The number of hydrogen-bond donors (Lipinski definition) is 2. The zero-order valence-corrected chi connectivity index (χ0v) is 15.4. The molecule has 0 aromatic heterocycles. The monoisotopic (exact) mass is 352 g/mol. The minimum absolute atomic E-state index is 0.440. The van der Waals surface area contributed by atoms with E-state index in [0.29, 0.717) is 12.5 Å². The van der Waals surface area contributed by atoms with Gasteiger partial charge in [-0.2, -0.15) is 0 Å². The van der Waals surface area contributed by atoms with Gasteiger partial charge in [0.05, 0.1) is 19.8 Å². The average molecular weight is 352 g/mol. The fourth-order valence-corrected chi connectivity index (χ4v) is 3.00. The van der Waals surface area contributed by atoms with Crippen LogP contribution in [0.5, 0.6) is 0 Å². The van der Waals surface area contributed by atoms with Gasteiger partial charge in [0.2, 0.25) is 0 Å². The number of nitrogens with zero attached hydrogens (tertiary/aromatic N) is 2. The van der Waals surface area contributed by atoms with Crippen LogP contribution in [0.25, 0.3) is 0 Å². The summed E-state index contributed by atoms with van der Waals surface area (Å²) < 4.78 is 5.39. The molecule has 0 radical (unpaired) electrons. The lowest BCUT2D eigenvalue weighted by atomic mass is 10.1. The van der Waals surface area contributed by atoms with Crippen LogP contribution in [-0.4, -0.2) is 37.2 Å². The van der Waals surface area contributed by atoms with Crippen molar-refractivity contribution >= 4 is 11.6 Å². The number of ether oxygens (including phenoxy) is 1. The highest BCUT2D eigenvalue weighted by Gasteiger charge is 2.10. The van der Waals surface area contributed by atoms with Gasteiger partial charge in [-0.25, -0.2) is 4.99 Å². The summed E-state index contributed by atoms with van der Waals surface area (Å²) in [4.78, 5) is 6.87. The molecule has 26 heavy (non-hydrogen) atoms. The van der Waals surface area contributed by atoms with Gasteiger partial charge in [0.15, 0.2) is 5.96 Å².